The second-order valence-corrected chi connectivity index (χ2v) is 6.83. The summed E-state index contributed by atoms with van der Waals surface area (Å²) >= 11 is 5.50. The summed E-state index contributed by atoms with van der Waals surface area (Å²) in [6, 6.07) is 14.2. The van der Waals surface area contributed by atoms with E-state index in [0.29, 0.717) is 10.6 Å². The van der Waals surface area contributed by atoms with Crippen LogP contribution in [0.2, 0.25) is 0 Å². The Morgan fingerprint density at radius 2 is 2.00 bits per heavy atom. The molecule has 0 fully saturated rings. The molecule has 2 aromatic carbocycles. The summed E-state index contributed by atoms with van der Waals surface area (Å²) in [5.41, 5.74) is 1.85. The van der Waals surface area contributed by atoms with Crippen molar-refractivity contribution in [1.82, 2.24) is 14.8 Å². The normalized spacial score (nSPS) is 14.7. The number of nitrogens with one attached hydrogen (secondary N) is 1. The van der Waals surface area contributed by atoms with Crippen LogP contribution in [0.3, 0.4) is 0 Å². The van der Waals surface area contributed by atoms with E-state index in [1.165, 1.54) is 6.08 Å². The average Bonchev–Trinajstić information content (AvgIpc) is 3.07. The standard InChI is InChI=1S/C21H23N3O2S/c1-3-15(19(26)11-12-25)13-14(2)20-22-23-21(27)24(20)18-10-6-8-16-7-4-5-9-17(16)18/h4-13,15,19,25-26H,3H2,1-2H3,(H,23,27)/b12-11+,14-13+. The van der Waals surface area contributed by atoms with Gasteiger partial charge in [0.15, 0.2) is 10.6 Å². The van der Waals surface area contributed by atoms with Gasteiger partial charge < -0.3 is 10.2 Å². The minimum absolute atomic E-state index is 0.139. The third-order valence-electron chi connectivity index (χ3n) is 4.69. The van der Waals surface area contributed by atoms with Gasteiger partial charge in [-0.3, -0.25) is 9.67 Å². The number of H-pyrrole nitrogens is 1. The van der Waals surface area contributed by atoms with Crippen molar-refractivity contribution in [3.8, 4) is 5.69 Å². The fourth-order valence-corrected chi connectivity index (χ4v) is 3.50. The topological polar surface area (TPSA) is 74.1 Å². The van der Waals surface area contributed by atoms with Crippen LogP contribution in [0.4, 0.5) is 0 Å². The maximum absolute atomic E-state index is 10.2. The monoisotopic (exact) mass is 381 g/mol. The molecule has 3 N–H and O–H groups in total. The molecular weight excluding hydrogens is 358 g/mol. The van der Waals surface area contributed by atoms with E-state index in [9.17, 15) is 5.11 Å². The van der Waals surface area contributed by atoms with Gasteiger partial charge in [0.2, 0.25) is 0 Å². The molecule has 0 spiro atoms. The SMILES string of the molecule is CCC(/C=C(\C)c1n[nH]c(=S)n1-c1cccc2ccccc12)C(O)/C=C/O. The molecule has 140 valence electrons. The van der Waals surface area contributed by atoms with Crippen molar-refractivity contribution in [2.24, 2.45) is 5.92 Å². The Balaban J connectivity index is 2.12. The van der Waals surface area contributed by atoms with Gasteiger partial charge in [-0.05, 0) is 48.7 Å². The highest BCUT2D eigenvalue weighted by molar-refractivity contribution is 7.71. The van der Waals surface area contributed by atoms with Crippen LogP contribution in [0.5, 0.6) is 0 Å². The van der Waals surface area contributed by atoms with Crippen LogP contribution >= 0.6 is 12.2 Å². The molecule has 0 bridgehead atoms. The number of benzene rings is 2. The molecule has 1 aromatic heterocycles. The van der Waals surface area contributed by atoms with Gasteiger partial charge in [0.25, 0.3) is 0 Å². The third kappa shape index (κ3) is 3.86. The molecule has 0 aliphatic carbocycles. The van der Waals surface area contributed by atoms with Crippen LogP contribution in [0.15, 0.2) is 60.9 Å². The summed E-state index contributed by atoms with van der Waals surface area (Å²) in [5, 5.41) is 28.6. The molecule has 2 atom stereocenters. The van der Waals surface area contributed by atoms with E-state index >= 15 is 0 Å². The van der Waals surface area contributed by atoms with E-state index in [1.807, 2.05) is 48.8 Å². The highest BCUT2D eigenvalue weighted by Gasteiger charge is 2.17. The molecule has 0 aliphatic rings. The first-order chi connectivity index (χ1) is 13.1. The number of hydrogen-bond acceptors (Lipinski definition) is 4. The smallest absolute Gasteiger partial charge is 0.200 e. The Labute approximate surface area is 163 Å². The molecule has 0 amide bonds. The third-order valence-corrected chi connectivity index (χ3v) is 4.96. The van der Waals surface area contributed by atoms with Gasteiger partial charge in [-0.2, -0.15) is 5.10 Å². The molecule has 3 rings (SSSR count). The van der Waals surface area contributed by atoms with Crippen molar-refractivity contribution >= 4 is 28.6 Å². The Bertz CT molecular complexity index is 1040. The largest absolute Gasteiger partial charge is 0.516 e. The predicted octanol–water partition coefficient (Wildman–Crippen LogP) is 4.95. The van der Waals surface area contributed by atoms with E-state index in [0.717, 1.165) is 34.7 Å². The fourth-order valence-electron chi connectivity index (χ4n) is 3.27. The number of aliphatic hydroxyl groups is 2. The second-order valence-electron chi connectivity index (χ2n) is 6.44. The molecule has 0 radical (unpaired) electrons. The lowest BCUT2D eigenvalue weighted by Crippen LogP contribution is -2.15. The molecule has 5 nitrogen and oxygen atoms in total. The molecule has 2 unspecified atom stereocenters. The highest BCUT2D eigenvalue weighted by Crippen LogP contribution is 2.26. The zero-order chi connectivity index (χ0) is 19.4. The lowest BCUT2D eigenvalue weighted by molar-refractivity contribution is 0.172. The second kappa shape index (κ2) is 8.33. The van der Waals surface area contributed by atoms with Crippen LogP contribution < -0.4 is 0 Å². The number of aromatic amines is 1. The molecule has 3 aromatic rings. The maximum Gasteiger partial charge on any atom is 0.200 e. The zero-order valence-corrected chi connectivity index (χ0v) is 16.1. The molecule has 27 heavy (non-hydrogen) atoms. The van der Waals surface area contributed by atoms with Crippen molar-refractivity contribution in [2.45, 2.75) is 26.4 Å². The van der Waals surface area contributed by atoms with Crippen LogP contribution in [0.25, 0.3) is 22.0 Å². The first kappa shape index (κ1) is 19.1. The summed E-state index contributed by atoms with van der Waals surface area (Å²) in [5.74, 6) is 0.564. The number of rotatable bonds is 6. The number of aromatic nitrogens is 3. The van der Waals surface area contributed by atoms with Gasteiger partial charge in [-0.1, -0.05) is 49.4 Å². The number of hydrogen-bond donors (Lipinski definition) is 3. The maximum atomic E-state index is 10.2. The van der Waals surface area contributed by atoms with E-state index < -0.39 is 6.10 Å². The van der Waals surface area contributed by atoms with Crippen molar-refractivity contribution in [3.63, 3.8) is 0 Å². The summed E-state index contributed by atoms with van der Waals surface area (Å²) in [4.78, 5) is 0. The Morgan fingerprint density at radius 3 is 2.74 bits per heavy atom. The predicted molar refractivity (Wildman–Crippen MR) is 111 cm³/mol. The summed E-state index contributed by atoms with van der Waals surface area (Å²) in [7, 11) is 0. The van der Waals surface area contributed by atoms with Crippen molar-refractivity contribution in [1.29, 1.82) is 0 Å². The van der Waals surface area contributed by atoms with Gasteiger partial charge in [0, 0.05) is 11.3 Å². The summed E-state index contributed by atoms with van der Waals surface area (Å²) in [6.45, 7) is 3.94. The molecule has 6 heteroatoms. The first-order valence-corrected chi connectivity index (χ1v) is 9.31. The van der Waals surface area contributed by atoms with E-state index in [1.54, 1.807) is 0 Å². The Hall–Kier alpha value is -2.70. The Morgan fingerprint density at radius 1 is 1.26 bits per heavy atom. The number of nitrogens with zero attached hydrogens (tertiary/aromatic N) is 2. The van der Waals surface area contributed by atoms with Gasteiger partial charge in [-0.15, -0.1) is 0 Å². The van der Waals surface area contributed by atoms with E-state index in [-0.39, 0.29) is 5.92 Å². The molecule has 0 saturated heterocycles. The van der Waals surface area contributed by atoms with E-state index in [2.05, 4.69) is 28.4 Å². The first-order valence-electron chi connectivity index (χ1n) is 8.90. The lowest BCUT2D eigenvalue weighted by atomic mass is 9.96. The molecular formula is C21H23N3O2S. The van der Waals surface area contributed by atoms with Gasteiger partial charge >= 0.3 is 0 Å². The van der Waals surface area contributed by atoms with Crippen molar-refractivity contribution in [2.75, 3.05) is 0 Å². The highest BCUT2D eigenvalue weighted by atomic mass is 32.1. The van der Waals surface area contributed by atoms with Gasteiger partial charge in [0.05, 0.1) is 18.1 Å². The number of aliphatic hydroxyl groups excluding tert-OH is 2. The van der Waals surface area contributed by atoms with Crippen molar-refractivity contribution < 1.29 is 10.2 Å². The van der Waals surface area contributed by atoms with Crippen LogP contribution in [0, 0.1) is 10.7 Å². The summed E-state index contributed by atoms with van der Waals surface area (Å²) in [6.07, 6.45) is 4.19. The van der Waals surface area contributed by atoms with Crippen molar-refractivity contribution in [3.05, 3.63) is 71.5 Å². The average molecular weight is 382 g/mol. The minimum Gasteiger partial charge on any atom is -0.516 e. The molecule has 0 aliphatic heterocycles. The minimum atomic E-state index is -0.761. The summed E-state index contributed by atoms with van der Waals surface area (Å²) < 4.78 is 2.43. The lowest BCUT2D eigenvalue weighted by Gasteiger charge is -2.16. The van der Waals surface area contributed by atoms with Gasteiger partial charge in [-0.25, -0.2) is 0 Å². The molecule has 1 heterocycles. The van der Waals surface area contributed by atoms with Crippen LogP contribution in [-0.2, 0) is 0 Å². The zero-order valence-electron chi connectivity index (χ0n) is 15.3. The molecule has 0 saturated carbocycles. The number of allylic oxidation sites excluding steroid dienone is 1. The van der Waals surface area contributed by atoms with Crippen LogP contribution in [0.1, 0.15) is 26.1 Å². The quantitative estimate of drug-likeness (QED) is 0.417. The van der Waals surface area contributed by atoms with Crippen LogP contribution in [-0.4, -0.2) is 31.1 Å². The van der Waals surface area contributed by atoms with Gasteiger partial charge in [0.1, 0.15) is 0 Å². The van der Waals surface area contributed by atoms with E-state index in [4.69, 9.17) is 17.3 Å². The Kier molecular flexibility index (Phi) is 5.88. The fraction of sp³-hybridized carbons (Fsp3) is 0.238. The number of fused-ring (bicyclic) bond motifs is 1.